The largest absolute Gasteiger partial charge is 0.313 e. The Hall–Kier alpha value is -2.27. The maximum Gasteiger partial charge on any atom is 0.245 e. The van der Waals surface area contributed by atoms with Crippen molar-refractivity contribution in [3.8, 4) is 6.07 Å². The molecule has 3 rings (SSSR count). The third-order valence-corrected chi connectivity index (χ3v) is 6.15. The lowest BCUT2D eigenvalue weighted by Gasteiger charge is -2.35. The summed E-state index contributed by atoms with van der Waals surface area (Å²) in [6, 6.07) is 10.3. The topological polar surface area (TPSA) is 86.1 Å². The van der Waals surface area contributed by atoms with E-state index in [1.54, 1.807) is 37.5 Å². The molecule has 1 aliphatic heterocycles. The van der Waals surface area contributed by atoms with Gasteiger partial charge in [-0.2, -0.15) is 9.57 Å². The normalized spacial score (nSPS) is 18.9. The molecule has 0 amide bonds. The van der Waals surface area contributed by atoms with Gasteiger partial charge in [0.05, 0.1) is 11.6 Å². The second kappa shape index (κ2) is 6.69. The molecule has 7 heteroatoms. The van der Waals surface area contributed by atoms with Crippen LogP contribution in [0.15, 0.2) is 47.6 Å². The maximum atomic E-state index is 13.2. The third kappa shape index (κ3) is 2.91. The minimum atomic E-state index is -3.78. The zero-order valence-corrected chi connectivity index (χ0v) is 14.1. The molecule has 1 aromatic carbocycles. The van der Waals surface area contributed by atoms with E-state index in [1.165, 1.54) is 10.4 Å². The summed E-state index contributed by atoms with van der Waals surface area (Å²) in [6.45, 7) is 3.18. The molecule has 24 heavy (non-hydrogen) atoms. The van der Waals surface area contributed by atoms with Crippen molar-refractivity contribution in [3.63, 3.8) is 0 Å². The first-order chi connectivity index (χ1) is 11.6. The molecule has 0 saturated carbocycles. The van der Waals surface area contributed by atoms with Gasteiger partial charge in [0, 0.05) is 32.0 Å². The number of aryl methyl sites for hydroxylation is 1. The number of aromatic nitrogens is 1. The molecule has 1 fully saturated rings. The first-order valence-electron chi connectivity index (χ1n) is 7.68. The molecule has 2 heterocycles. The number of nitriles is 1. The molecule has 1 aromatic heterocycles. The van der Waals surface area contributed by atoms with Gasteiger partial charge in [-0.1, -0.05) is 18.2 Å². The summed E-state index contributed by atoms with van der Waals surface area (Å²) in [5.41, 5.74) is 1.70. The van der Waals surface area contributed by atoms with Crippen LogP contribution in [0.3, 0.4) is 0 Å². The van der Waals surface area contributed by atoms with E-state index in [9.17, 15) is 13.7 Å². The fourth-order valence-corrected chi connectivity index (χ4v) is 4.79. The number of pyridine rings is 1. The minimum absolute atomic E-state index is 0.0702. The maximum absolute atomic E-state index is 13.2. The van der Waals surface area contributed by atoms with E-state index in [4.69, 9.17) is 0 Å². The van der Waals surface area contributed by atoms with Crippen molar-refractivity contribution in [3.05, 3.63) is 59.4 Å². The summed E-state index contributed by atoms with van der Waals surface area (Å²) in [4.78, 5) is 4.17. The van der Waals surface area contributed by atoms with Crippen LogP contribution >= 0.6 is 0 Å². The fourth-order valence-electron chi connectivity index (χ4n) is 2.96. The van der Waals surface area contributed by atoms with Crippen LogP contribution in [0, 0.1) is 18.3 Å². The number of nitrogens with one attached hydrogen (secondary N) is 1. The SMILES string of the molecule is Cc1cccc(S(=O)(=O)N2CCNCC2c2cccnc2)c1C#N. The molecule has 1 aliphatic rings. The van der Waals surface area contributed by atoms with Gasteiger partial charge in [0.25, 0.3) is 0 Å². The van der Waals surface area contributed by atoms with Crippen LogP contribution in [0.2, 0.25) is 0 Å². The predicted octanol–water partition coefficient (Wildman–Crippen LogP) is 1.60. The van der Waals surface area contributed by atoms with Gasteiger partial charge in [-0.25, -0.2) is 8.42 Å². The Morgan fingerprint density at radius 2 is 2.17 bits per heavy atom. The third-order valence-electron chi connectivity index (χ3n) is 4.20. The molecule has 0 bridgehead atoms. The fraction of sp³-hybridized carbons (Fsp3) is 0.294. The monoisotopic (exact) mass is 342 g/mol. The Morgan fingerprint density at radius 1 is 1.33 bits per heavy atom. The minimum Gasteiger partial charge on any atom is -0.313 e. The number of sulfonamides is 1. The number of nitrogens with zero attached hydrogens (tertiary/aromatic N) is 3. The van der Waals surface area contributed by atoms with E-state index in [2.05, 4.69) is 10.3 Å². The lowest BCUT2D eigenvalue weighted by molar-refractivity contribution is 0.271. The van der Waals surface area contributed by atoms with Crippen LogP contribution in [0.25, 0.3) is 0 Å². The van der Waals surface area contributed by atoms with Crippen LogP contribution in [0.5, 0.6) is 0 Å². The van der Waals surface area contributed by atoms with E-state index < -0.39 is 10.0 Å². The molecule has 0 spiro atoms. The Morgan fingerprint density at radius 3 is 2.88 bits per heavy atom. The van der Waals surface area contributed by atoms with Gasteiger partial charge in [-0.3, -0.25) is 4.98 Å². The van der Waals surface area contributed by atoms with Crippen molar-refractivity contribution >= 4 is 10.0 Å². The van der Waals surface area contributed by atoms with E-state index >= 15 is 0 Å². The second-order valence-corrected chi connectivity index (χ2v) is 7.54. The van der Waals surface area contributed by atoms with Gasteiger partial charge in [0.2, 0.25) is 10.0 Å². The van der Waals surface area contributed by atoms with E-state index in [-0.39, 0.29) is 16.5 Å². The summed E-state index contributed by atoms with van der Waals surface area (Å²) in [6.07, 6.45) is 3.34. The molecule has 6 nitrogen and oxygen atoms in total. The van der Waals surface area contributed by atoms with Gasteiger partial charge < -0.3 is 5.32 Å². The second-order valence-electron chi connectivity index (χ2n) is 5.68. The Bertz CT molecular complexity index is 875. The molecule has 0 radical (unpaired) electrons. The Kier molecular flexibility index (Phi) is 4.62. The van der Waals surface area contributed by atoms with E-state index in [0.717, 1.165) is 5.56 Å². The number of rotatable bonds is 3. The highest BCUT2D eigenvalue weighted by molar-refractivity contribution is 7.89. The smallest absolute Gasteiger partial charge is 0.245 e. The first-order valence-corrected chi connectivity index (χ1v) is 9.12. The highest BCUT2D eigenvalue weighted by atomic mass is 32.2. The summed E-state index contributed by atoms with van der Waals surface area (Å²) in [5.74, 6) is 0. The van der Waals surface area contributed by atoms with Gasteiger partial charge >= 0.3 is 0 Å². The summed E-state index contributed by atoms with van der Waals surface area (Å²) in [5, 5.41) is 12.6. The van der Waals surface area contributed by atoms with Crippen molar-refractivity contribution in [1.82, 2.24) is 14.6 Å². The van der Waals surface area contributed by atoms with Crippen molar-refractivity contribution in [2.24, 2.45) is 0 Å². The van der Waals surface area contributed by atoms with Gasteiger partial charge in [0.1, 0.15) is 11.0 Å². The van der Waals surface area contributed by atoms with Crippen LogP contribution in [0.4, 0.5) is 0 Å². The van der Waals surface area contributed by atoms with Crippen molar-refractivity contribution in [2.75, 3.05) is 19.6 Å². The molecular weight excluding hydrogens is 324 g/mol. The average molecular weight is 342 g/mol. The van der Waals surface area contributed by atoms with Crippen LogP contribution in [0.1, 0.15) is 22.7 Å². The summed E-state index contributed by atoms with van der Waals surface area (Å²) < 4.78 is 27.9. The van der Waals surface area contributed by atoms with Crippen molar-refractivity contribution in [1.29, 1.82) is 5.26 Å². The van der Waals surface area contributed by atoms with Crippen LogP contribution < -0.4 is 5.32 Å². The number of benzene rings is 1. The molecule has 1 atom stereocenters. The molecular formula is C17H18N4O2S. The van der Waals surface area contributed by atoms with Gasteiger partial charge in [-0.05, 0) is 30.2 Å². The van der Waals surface area contributed by atoms with Gasteiger partial charge in [-0.15, -0.1) is 0 Å². The highest BCUT2D eigenvalue weighted by Crippen LogP contribution is 2.30. The zero-order valence-electron chi connectivity index (χ0n) is 13.3. The number of hydrogen-bond donors (Lipinski definition) is 1. The lowest BCUT2D eigenvalue weighted by atomic mass is 10.1. The molecule has 1 saturated heterocycles. The predicted molar refractivity (Wildman–Crippen MR) is 89.6 cm³/mol. The molecule has 1 N–H and O–H groups in total. The number of piperazine rings is 1. The summed E-state index contributed by atoms with van der Waals surface area (Å²) >= 11 is 0. The molecule has 1 unspecified atom stereocenters. The van der Waals surface area contributed by atoms with Gasteiger partial charge in [0.15, 0.2) is 0 Å². The average Bonchev–Trinajstić information content (AvgIpc) is 2.62. The molecule has 2 aromatic rings. The van der Waals surface area contributed by atoms with E-state index in [1.807, 2.05) is 12.1 Å². The Labute approximate surface area is 141 Å². The zero-order chi connectivity index (χ0) is 17.2. The standard InChI is InChI=1S/C17H18N4O2S/c1-13-4-2-6-17(15(13)10-18)24(22,23)21-9-8-20-12-16(21)14-5-3-7-19-11-14/h2-7,11,16,20H,8-9,12H2,1H3. The van der Waals surface area contributed by atoms with Crippen LogP contribution in [-0.4, -0.2) is 37.3 Å². The lowest BCUT2D eigenvalue weighted by Crippen LogP contribution is -2.48. The molecule has 0 aliphatic carbocycles. The van der Waals surface area contributed by atoms with Crippen LogP contribution in [-0.2, 0) is 10.0 Å². The van der Waals surface area contributed by atoms with Crippen molar-refractivity contribution < 1.29 is 8.42 Å². The summed E-state index contributed by atoms with van der Waals surface area (Å²) in [7, 11) is -3.78. The Balaban J connectivity index is 2.08. The highest BCUT2D eigenvalue weighted by Gasteiger charge is 2.36. The van der Waals surface area contributed by atoms with Crippen molar-refractivity contribution in [2.45, 2.75) is 17.9 Å². The number of hydrogen-bond acceptors (Lipinski definition) is 5. The quantitative estimate of drug-likeness (QED) is 0.915. The van der Waals surface area contributed by atoms with E-state index in [0.29, 0.717) is 25.2 Å². The molecule has 124 valence electrons. The first kappa shape index (κ1) is 16.6.